The van der Waals surface area contributed by atoms with Crippen LogP contribution in [0.4, 0.5) is 0 Å². The maximum absolute atomic E-state index is 6.69. The Hall–Kier alpha value is -1.46. The van der Waals surface area contributed by atoms with E-state index in [4.69, 9.17) is 11.6 Å². The Morgan fingerprint density at radius 2 is 2.18 bits per heavy atom. The molecule has 0 saturated carbocycles. The van der Waals surface area contributed by atoms with Gasteiger partial charge in [0.1, 0.15) is 5.37 Å². The summed E-state index contributed by atoms with van der Waals surface area (Å²) in [5, 5.41) is 10.5. The lowest BCUT2D eigenvalue weighted by molar-refractivity contribution is 0.713. The first kappa shape index (κ1) is 14.2. The fraction of sp³-hybridized carbons (Fsp3) is 0.375. The van der Waals surface area contributed by atoms with E-state index in [0.717, 1.165) is 41.7 Å². The van der Waals surface area contributed by atoms with Crippen molar-refractivity contribution in [2.75, 3.05) is 5.43 Å². The third-order valence-electron chi connectivity index (χ3n) is 4.16. The number of halogens is 1. The maximum Gasteiger partial charge on any atom is 0.212 e. The van der Waals surface area contributed by atoms with Crippen LogP contribution in [0.1, 0.15) is 36.7 Å². The number of nitrogens with one attached hydrogen (secondary N) is 1. The average Bonchev–Trinajstić information content (AvgIpc) is 3.10. The molecule has 2 heterocycles. The molecule has 1 aromatic heterocycles. The van der Waals surface area contributed by atoms with Crippen molar-refractivity contribution in [3.8, 4) is 0 Å². The third kappa shape index (κ3) is 2.23. The molecule has 1 aliphatic carbocycles. The molecule has 1 unspecified atom stereocenters. The number of aryl methyl sites for hydroxylation is 2. The van der Waals surface area contributed by atoms with Crippen LogP contribution in [0.2, 0.25) is 0 Å². The molecule has 0 radical (unpaired) electrons. The number of nitrogens with zero attached hydrogens (tertiary/aromatic N) is 3. The van der Waals surface area contributed by atoms with E-state index >= 15 is 0 Å². The molecular weight excluding hydrogens is 316 g/mol. The Morgan fingerprint density at radius 3 is 3.05 bits per heavy atom. The molecule has 0 saturated heterocycles. The van der Waals surface area contributed by atoms with Gasteiger partial charge in [-0.25, -0.2) is 4.68 Å². The Balaban J connectivity index is 1.65. The zero-order chi connectivity index (χ0) is 15.1. The highest BCUT2D eigenvalue weighted by Crippen LogP contribution is 2.41. The third-order valence-corrected chi connectivity index (χ3v) is 5.71. The van der Waals surface area contributed by atoms with E-state index in [-0.39, 0.29) is 5.37 Å². The fourth-order valence-electron chi connectivity index (χ4n) is 3.04. The Bertz CT molecular complexity index is 752. The molecule has 0 spiro atoms. The minimum absolute atomic E-state index is 0.155. The SMILES string of the molecule is CCCc1nnc2n1NC(C1=C(Cl)c3ccccc3CC1)S2. The number of hydrogen-bond donors (Lipinski definition) is 1. The van der Waals surface area contributed by atoms with Crippen LogP contribution in [0.25, 0.3) is 5.03 Å². The van der Waals surface area contributed by atoms with Gasteiger partial charge < -0.3 is 5.43 Å². The summed E-state index contributed by atoms with van der Waals surface area (Å²) in [5.41, 5.74) is 7.28. The standard InChI is InChI=1S/C16H17ClN4S/c1-2-5-13-18-19-16-21(13)20-15(22-16)12-9-8-10-6-3-4-7-11(10)14(12)17/h3-4,6-7,15,20H,2,5,8-9H2,1H3. The van der Waals surface area contributed by atoms with E-state index in [1.807, 2.05) is 10.7 Å². The summed E-state index contributed by atoms with van der Waals surface area (Å²) in [6.45, 7) is 2.15. The lowest BCUT2D eigenvalue weighted by Crippen LogP contribution is -2.24. The highest BCUT2D eigenvalue weighted by Gasteiger charge is 2.32. The van der Waals surface area contributed by atoms with Crippen LogP contribution in [0.5, 0.6) is 0 Å². The summed E-state index contributed by atoms with van der Waals surface area (Å²) in [7, 11) is 0. The van der Waals surface area contributed by atoms with Crippen LogP contribution < -0.4 is 5.43 Å². The second-order valence-corrected chi connectivity index (χ2v) is 7.06. The van der Waals surface area contributed by atoms with Gasteiger partial charge in [0.25, 0.3) is 0 Å². The van der Waals surface area contributed by atoms with Gasteiger partial charge in [0.05, 0.1) is 5.03 Å². The lowest BCUT2D eigenvalue weighted by atomic mass is 9.92. The molecule has 114 valence electrons. The molecule has 0 fully saturated rings. The summed E-state index contributed by atoms with van der Waals surface area (Å²) in [6.07, 6.45) is 4.03. The monoisotopic (exact) mass is 332 g/mol. The molecule has 1 aromatic carbocycles. The predicted molar refractivity (Wildman–Crippen MR) is 90.6 cm³/mol. The molecule has 6 heteroatoms. The zero-order valence-electron chi connectivity index (χ0n) is 12.3. The van der Waals surface area contributed by atoms with Crippen LogP contribution in [-0.4, -0.2) is 20.2 Å². The molecule has 2 aromatic rings. The molecule has 2 aliphatic rings. The van der Waals surface area contributed by atoms with Crippen molar-refractivity contribution in [2.24, 2.45) is 0 Å². The second kappa shape index (κ2) is 5.63. The van der Waals surface area contributed by atoms with Crippen LogP contribution in [0, 0.1) is 0 Å². The summed E-state index contributed by atoms with van der Waals surface area (Å²) < 4.78 is 2.02. The van der Waals surface area contributed by atoms with Crippen LogP contribution in [-0.2, 0) is 12.8 Å². The van der Waals surface area contributed by atoms with Gasteiger partial charge in [-0.15, -0.1) is 10.2 Å². The van der Waals surface area contributed by atoms with E-state index in [1.54, 1.807) is 11.8 Å². The quantitative estimate of drug-likeness (QED) is 0.928. The molecule has 0 bridgehead atoms. The highest BCUT2D eigenvalue weighted by atomic mass is 35.5. The Morgan fingerprint density at radius 1 is 1.32 bits per heavy atom. The molecule has 4 nitrogen and oxygen atoms in total. The van der Waals surface area contributed by atoms with Crippen molar-refractivity contribution in [1.29, 1.82) is 0 Å². The van der Waals surface area contributed by atoms with Gasteiger partial charge >= 0.3 is 0 Å². The van der Waals surface area contributed by atoms with Gasteiger partial charge in [0.15, 0.2) is 5.82 Å². The summed E-state index contributed by atoms with van der Waals surface area (Å²) in [6, 6.07) is 8.40. The normalized spacial score (nSPS) is 19.8. The van der Waals surface area contributed by atoms with Crippen molar-refractivity contribution in [2.45, 2.75) is 43.1 Å². The van der Waals surface area contributed by atoms with Gasteiger partial charge in [0, 0.05) is 6.42 Å². The van der Waals surface area contributed by atoms with E-state index in [9.17, 15) is 0 Å². The minimum atomic E-state index is 0.155. The fourth-order valence-corrected chi connectivity index (χ4v) is 4.59. The molecule has 4 rings (SSSR count). The lowest BCUT2D eigenvalue weighted by Gasteiger charge is -2.23. The topological polar surface area (TPSA) is 42.7 Å². The van der Waals surface area contributed by atoms with Crippen LogP contribution in [0.15, 0.2) is 35.0 Å². The zero-order valence-corrected chi connectivity index (χ0v) is 13.9. The van der Waals surface area contributed by atoms with Crippen LogP contribution >= 0.6 is 23.4 Å². The number of aromatic nitrogens is 3. The highest BCUT2D eigenvalue weighted by molar-refractivity contribution is 8.00. The van der Waals surface area contributed by atoms with E-state index in [1.165, 1.54) is 16.7 Å². The number of fused-ring (bicyclic) bond motifs is 2. The summed E-state index contributed by atoms with van der Waals surface area (Å²) in [4.78, 5) is 0. The van der Waals surface area contributed by atoms with Gasteiger partial charge in [-0.3, -0.25) is 0 Å². The molecule has 1 atom stereocenters. The Kier molecular flexibility index (Phi) is 3.62. The van der Waals surface area contributed by atoms with E-state index in [0.29, 0.717) is 0 Å². The van der Waals surface area contributed by atoms with Gasteiger partial charge in [-0.05, 0) is 36.0 Å². The van der Waals surface area contributed by atoms with Crippen molar-refractivity contribution in [3.05, 3.63) is 46.8 Å². The predicted octanol–water partition coefficient (Wildman–Crippen LogP) is 3.80. The largest absolute Gasteiger partial charge is 0.304 e. The van der Waals surface area contributed by atoms with Crippen LogP contribution in [0.3, 0.4) is 0 Å². The molecular formula is C16H17ClN4S. The van der Waals surface area contributed by atoms with E-state index < -0.39 is 0 Å². The smallest absolute Gasteiger partial charge is 0.212 e. The van der Waals surface area contributed by atoms with Crippen molar-refractivity contribution in [1.82, 2.24) is 14.9 Å². The second-order valence-electron chi connectivity index (χ2n) is 5.61. The number of rotatable bonds is 3. The first-order valence-corrected chi connectivity index (χ1v) is 8.88. The van der Waals surface area contributed by atoms with Crippen molar-refractivity contribution < 1.29 is 0 Å². The molecule has 22 heavy (non-hydrogen) atoms. The maximum atomic E-state index is 6.69. The number of hydrogen-bond acceptors (Lipinski definition) is 4. The van der Waals surface area contributed by atoms with Gasteiger partial charge in [0.2, 0.25) is 5.16 Å². The van der Waals surface area contributed by atoms with E-state index in [2.05, 4.69) is 40.7 Å². The molecule has 1 aliphatic heterocycles. The first-order chi connectivity index (χ1) is 10.8. The van der Waals surface area contributed by atoms with Crippen molar-refractivity contribution in [3.63, 3.8) is 0 Å². The number of thioether (sulfide) groups is 1. The number of benzene rings is 1. The average molecular weight is 333 g/mol. The first-order valence-electron chi connectivity index (χ1n) is 7.62. The molecule has 1 N–H and O–H groups in total. The van der Waals surface area contributed by atoms with Gasteiger partial charge in [-0.2, -0.15) is 0 Å². The summed E-state index contributed by atoms with van der Waals surface area (Å²) >= 11 is 8.39. The molecule has 0 amide bonds. The minimum Gasteiger partial charge on any atom is -0.304 e. The Labute approximate surface area is 138 Å². The summed E-state index contributed by atoms with van der Waals surface area (Å²) in [5.74, 6) is 1.00. The van der Waals surface area contributed by atoms with Gasteiger partial charge in [-0.1, -0.05) is 54.6 Å². The van der Waals surface area contributed by atoms with Crippen molar-refractivity contribution >= 4 is 28.4 Å².